The van der Waals surface area contributed by atoms with Gasteiger partial charge in [0.1, 0.15) is 0 Å². The van der Waals surface area contributed by atoms with Gasteiger partial charge in [-0.2, -0.15) is 0 Å². The van der Waals surface area contributed by atoms with Gasteiger partial charge in [-0.3, -0.25) is 4.79 Å². The molecule has 2 rings (SSSR count). The van der Waals surface area contributed by atoms with Crippen molar-refractivity contribution in [3.8, 4) is 0 Å². The molecule has 0 saturated carbocycles. The fraction of sp³-hybridized carbons (Fsp3) is 0.533. The summed E-state index contributed by atoms with van der Waals surface area (Å²) >= 11 is 0. The first-order valence-corrected chi connectivity index (χ1v) is 6.95. The van der Waals surface area contributed by atoms with Crippen LogP contribution in [0, 0.1) is 23.5 Å². The van der Waals surface area contributed by atoms with E-state index in [1.165, 1.54) is 6.07 Å². The number of nitrogens with zero attached hydrogens (tertiary/aromatic N) is 1. The highest BCUT2D eigenvalue weighted by molar-refractivity contribution is 5.77. The number of nitrogens with one attached hydrogen (secondary N) is 1. The van der Waals surface area contributed by atoms with Gasteiger partial charge < -0.3 is 10.2 Å². The van der Waals surface area contributed by atoms with Crippen molar-refractivity contribution in [1.82, 2.24) is 5.32 Å². The molecular weight excluding hydrogens is 262 g/mol. The number of hydrogen-bond acceptors (Lipinski definition) is 2. The summed E-state index contributed by atoms with van der Waals surface area (Å²) in [7, 11) is 0. The summed E-state index contributed by atoms with van der Waals surface area (Å²) in [4.78, 5) is 13.5. The van der Waals surface area contributed by atoms with Crippen molar-refractivity contribution >= 4 is 11.6 Å². The van der Waals surface area contributed by atoms with E-state index in [0.29, 0.717) is 18.2 Å². The van der Waals surface area contributed by atoms with E-state index in [1.54, 1.807) is 6.07 Å². The average molecular weight is 282 g/mol. The fourth-order valence-electron chi connectivity index (χ4n) is 2.36. The Morgan fingerprint density at radius 3 is 2.80 bits per heavy atom. The van der Waals surface area contributed by atoms with E-state index in [4.69, 9.17) is 0 Å². The Balaban J connectivity index is 1.88. The Bertz CT molecular complexity index is 491. The van der Waals surface area contributed by atoms with Crippen LogP contribution in [-0.2, 0) is 4.79 Å². The van der Waals surface area contributed by atoms with Crippen LogP contribution in [0.2, 0.25) is 0 Å². The molecule has 1 N–H and O–H groups in total. The van der Waals surface area contributed by atoms with E-state index in [1.807, 2.05) is 18.7 Å². The average Bonchev–Trinajstić information content (AvgIpc) is 2.87. The SMILES string of the molecule is CC(C)C(=O)NCC1CCN(c2ccc(F)c(F)c2)C1. The van der Waals surface area contributed by atoms with Crippen LogP contribution in [0.3, 0.4) is 0 Å². The molecule has 0 radical (unpaired) electrons. The molecule has 1 heterocycles. The quantitative estimate of drug-likeness (QED) is 0.920. The molecule has 3 nitrogen and oxygen atoms in total. The van der Waals surface area contributed by atoms with Crippen LogP contribution in [0.1, 0.15) is 20.3 Å². The third kappa shape index (κ3) is 3.46. The first-order valence-electron chi connectivity index (χ1n) is 6.95. The third-order valence-corrected chi connectivity index (χ3v) is 3.64. The van der Waals surface area contributed by atoms with Gasteiger partial charge in [0.25, 0.3) is 0 Å². The molecule has 1 aromatic carbocycles. The van der Waals surface area contributed by atoms with E-state index >= 15 is 0 Å². The van der Waals surface area contributed by atoms with Crippen molar-refractivity contribution in [2.45, 2.75) is 20.3 Å². The Hall–Kier alpha value is -1.65. The van der Waals surface area contributed by atoms with Gasteiger partial charge in [0.15, 0.2) is 11.6 Å². The molecule has 1 unspecified atom stereocenters. The van der Waals surface area contributed by atoms with Crippen LogP contribution in [0.5, 0.6) is 0 Å². The minimum Gasteiger partial charge on any atom is -0.371 e. The van der Waals surface area contributed by atoms with Crippen LogP contribution < -0.4 is 10.2 Å². The van der Waals surface area contributed by atoms with Crippen molar-refractivity contribution in [2.24, 2.45) is 11.8 Å². The third-order valence-electron chi connectivity index (χ3n) is 3.64. The summed E-state index contributed by atoms with van der Waals surface area (Å²) in [6.45, 7) is 5.91. The highest BCUT2D eigenvalue weighted by atomic mass is 19.2. The Labute approximate surface area is 118 Å². The maximum atomic E-state index is 13.2. The molecule has 1 fully saturated rings. The smallest absolute Gasteiger partial charge is 0.222 e. The molecule has 5 heteroatoms. The largest absolute Gasteiger partial charge is 0.371 e. The lowest BCUT2D eigenvalue weighted by atomic mass is 10.1. The zero-order valence-corrected chi connectivity index (χ0v) is 11.8. The van der Waals surface area contributed by atoms with Gasteiger partial charge in [-0.15, -0.1) is 0 Å². The summed E-state index contributed by atoms with van der Waals surface area (Å²) in [5, 5.41) is 2.92. The first-order chi connectivity index (χ1) is 9.47. The molecule has 0 aromatic heterocycles. The molecule has 1 atom stereocenters. The molecular formula is C15H20F2N2O. The highest BCUT2D eigenvalue weighted by Crippen LogP contribution is 2.24. The lowest BCUT2D eigenvalue weighted by Gasteiger charge is -2.19. The number of halogens is 2. The normalized spacial score (nSPS) is 18.6. The van der Waals surface area contributed by atoms with Crippen molar-refractivity contribution in [2.75, 3.05) is 24.5 Å². The minimum atomic E-state index is -0.825. The zero-order valence-electron chi connectivity index (χ0n) is 11.8. The van der Waals surface area contributed by atoms with E-state index in [0.717, 1.165) is 25.6 Å². The summed E-state index contributed by atoms with van der Waals surface area (Å²) < 4.78 is 26.1. The van der Waals surface area contributed by atoms with Crippen LogP contribution in [0.15, 0.2) is 18.2 Å². The molecule has 0 spiro atoms. The summed E-state index contributed by atoms with van der Waals surface area (Å²) in [6.07, 6.45) is 0.942. The van der Waals surface area contributed by atoms with E-state index < -0.39 is 11.6 Å². The van der Waals surface area contributed by atoms with Crippen molar-refractivity contribution in [3.05, 3.63) is 29.8 Å². The van der Waals surface area contributed by atoms with Crippen molar-refractivity contribution in [1.29, 1.82) is 0 Å². The van der Waals surface area contributed by atoms with Gasteiger partial charge in [-0.1, -0.05) is 13.8 Å². The highest BCUT2D eigenvalue weighted by Gasteiger charge is 2.24. The van der Waals surface area contributed by atoms with Gasteiger partial charge in [0, 0.05) is 37.3 Å². The Morgan fingerprint density at radius 1 is 1.40 bits per heavy atom. The molecule has 1 saturated heterocycles. The first kappa shape index (κ1) is 14.8. The van der Waals surface area contributed by atoms with E-state index in [9.17, 15) is 13.6 Å². The maximum Gasteiger partial charge on any atom is 0.222 e. The molecule has 1 amide bonds. The standard InChI is InChI=1S/C15H20F2N2O/c1-10(2)15(20)18-8-11-5-6-19(9-11)12-3-4-13(16)14(17)7-12/h3-4,7,10-11H,5-6,8-9H2,1-2H3,(H,18,20). The predicted octanol–water partition coefficient (Wildman–Crippen LogP) is 2.56. The lowest BCUT2D eigenvalue weighted by molar-refractivity contribution is -0.124. The van der Waals surface area contributed by atoms with Crippen LogP contribution in [-0.4, -0.2) is 25.5 Å². The van der Waals surface area contributed by atoms with Crippen LogP contribution in [0.4, 0.5) is 14.5 Å². The number of benzene rings is 1. The number of anilines is 1. The molecule has 110 valence electrons. The number of amides is 1. The second kappa shape index (κ2) is 6.20. The molecule has 0 bridgehead atoms. The second-order valence-electron chi connectivity index (χ2n) is 5.60. The van der Waals surface area contributed by atoms with E-state index in [2.05, 4.69) is 5.32 Å². The second-order valence-corrected chi connectivity index (χ2v) is 5.60. The topological polar surface area (TPSA) is 32.3 Å². The Kier molecular flexibility index (Phi) is 4.57. The van der Waals surface area contributed by atoms with Gasteiger partial charge in [-0.25, -0.2) is 8.78 Å². The number of carbonyl (C=O) groups excluding carboxylic acids is 1. The fourth-order valence-corrected chi connectivity index (χ4v) is 2.36. The molecule has 1 aliphatic heterocycles. The monoisotopic (exact) mass is 282 g/mol. The summed E-state index contributed by atoms with van der Waals surface area (Å²) in [6, 6.07) is 3.97. The van der Waals surface area contributed by atoms with E-state index in [-0.39, 0.29) is 11.8 Å². The molecule has 1 aromatic rings. The zero-order chi connectivity index (χ0) is 14.7. The van der Waals surface area contributed by atoms with Gasteiger partial charge >= 0.3 is 0 Å². The number of rotatable bonds is 4. The van der Waals surface area contributed by atoms with Gasteiger partial charge in [0.05, 0.1) is 0 Å². The number of carbonyl (C=O) groups is 1. The van der Waals surface area contributed by atoms with Gasteiger partial charge in [-0.05, 0) is 24.5 Å². The Morgan fingerprint density at radius 2 is 2.15 bits per heavy atom. The molecule has 1 aliphatic rings. The van der Waals surface area contributed by atoms with Gasteiger partial charge in [0.2, 0.25) is 5.91 Å². The van der Waals surface area contributed by atoms with Crippen molar-refractivity contribution < 1.29 is 13.6 Å². The summed E-state index contributed by atoms with van der Waals surface area (Å²) in [5.41, 5.74) is 0.696. The van der Waals surface area contributed by atoms with Crippen LogP contribution >= 0.6 is 0 Å². The maximum absolute atomic E-state index is 13.2. The number of hydrogen-bond donors (Lipinski definition) is 1. The minimum absolute atomic E-state index is 0.0151. The predicted molar refractivity (Wildman–Crippen MR) is 74.5 cm³/mol. The van der Waals surface area contributed by atoms with Crippen LogP contribution in [0.25, 0.3) is 0 Å². The molecule has 0 aliphatic carbocycles. The molecule has 20 heavy (non-hydrogen) atoms. The van der Waals surface area contributed by atoms with Crippen molar-refractivity contribution in [3.63, 3.8) is 0 Å². The lowest BCUT2D eigenvalue weighted by Crippen LogP contribution is -2.33. The summed E-state index contributed by atoms with van der Waals surface area (Å²) in [5.74, 6) is -1.26.